The molecule has 0 heterocycles. The van der Waals surface area contributed by atoms with E-state index in [0.717, 1.165) is 19.5 Å². The smallest absolute Gasteiger partial charge is 0.223 e. The van der Waals surface area contributed by atoms with Crippen LogP contribution in [0.4, 0.5) is 0 Å². The molecular formula is C16H32N2O. The highest BCUT2D eigenvalue weighted by atomic mass is 16.2. The molecule has 0 aliphatic heterocycles. The number of hydrogen-bond donors (Lipinski definition) is 1. The van der Waals surface area contributed by atoms with Crippen LogP contribution in [0, 0.1) is 17.8 Å². The van der Waals surface area contributed by atoms with Crippen LogP contribution in [0.2, 0.25) is 0 Å². The summed E-state index contributed by atoms with van der Waals surface area (Å²) in [4.78, 5) is 14.5. The summed E-state index contributed by atoms with van der Waals surface area (Å²) in [5.74, 6) is 2.17. The molecule has 0 atom stereocenters. The fourth-order valence-corrected chi connectivity index (χ4v) is 3.03. The van der Waals surface area contributed by atoms with Gasteiger partial charge in [-0.1, -0.05) is 13.8 Å². The van der Waals surface area contributed by atoms with Crippen LogP contribution < -0.4 is 5.73 Å². The third-order valence-corrected chi connectivity index (χ3v) is 4.27. The summed E-state index contributed by atoms with van der Waals surface area (Å²) in [6.45, 7) is 10.3. The van der Waals surface area contributed by atoms with E-state index in [1.54, 1.807) is 0 Å². The Morgan fingerprint density at radius 2 is 1.63 bits per heavy atom. The van der Waals surface area contributed by atoms with Crippen molar-refractivity contribution < 1.29 is 4.79 Å². The van der Waals surface area contributed by atoms with E-state index in [9.17, 15) is 4.79 Å². The minimum Gasteiger partial charge on any atom is -0.340 e. The highest BCUT2D eigenvalue weighted by Crippen LogP contribution is 2.30. The lowest BCUT2D eigenvalue weighted by molar-refractivity contribution is -0.134. The van der Waals surface area contributed by atoms with Gasteiger partial charge in [-0.2, -0.15) is 0 Å². The minimum atomic E-state index is 0.315. The van der Waals surface area contributed by atoms with E-state index in [1.807, 2.05) is 0 Å². The van der Waals surface area contributed by atoms with E-state index < -0.39 is 0 Å². The fourth-order valence-electron chi connectivity index (χ4n) is 3.03. The lowest BCUT2D eigenvalue weighted by Gasteiger charge is -2.32. The van der Waals surface area contributed by atoms with E-state index >= 15 is 0 Å². The number of carbonyl (C=O) groups excluding carboxylic acids is 1. The van der Waals surface area contributed by atoms with Gasteiger partial charge in [0.25, 0.3) is 0 Å². The van der Waals surface area contributed by atoms with Crippen LogP contribution in [0.25, 0.3) is 0 Å². The molecule has 0 radical (unpaired) electrons. The number of nitrogens with two attached hydrogens (primary N) is 1. The Morgan fingerprint density at radius 3 is 2.05 bits per heavy atom. The van der Waals surface area contributed by atoms with Gasteiger partial charge >= 0.3 is 0 Å². The molecule has 3 nitrogen and oxygen atoms in total. The molecule has 112 valence electrons. The first-order valence-corrected chi connectivity index (χ1v) is 7.93. The second-order valence-electron chi connectivity index (χ2n) is 6.86. The van der Waals surface area contributed by atoms with Crippen LogP contribution in [0.15, 0.2) is 0 Å². The molecule has 2 N–H and O–H groups in total. The summed E-state index contributed by atoms with van der Waals surface area (Å²) >= 11 is 0. The molecule has 0 aromatic rings. The number of hydrogen-bond acceptors (Lipinski definition) is 2. The standard InChI is InChI=1S/C16H32N2O/c1-12(2)11-18(13(3)4)16(19)9-14-5-7-15(10-17)8-6-14/h12-15H,5-11,17H2,1-4H3. The Kier molecular flexibility index (Phi) is 6.84. The van der Waals surface area contributed by atoms with Crippen LogP contribution in [0.3, 0.4) is 0 Å². The van der Waals surface area contributed by atoms with Gasteiger partial charge in [-0.3, -0.25) is 4.79 Å². The molecule has 1 amide bonds. The fraction of sp³-hybridized carbons (Fsp3) is 0.938. The van der Waals surface area contributed by atoms with Crippen LogP contribution in [0.5, 0.6) is 0 Å². The van der Waals surface area contributed by atoms with Crippen molar-refractivity contribution in [1.29, 1.82) is 0 Å². The summed E-state index contributed by atoms with van der Waals surface area (Å²) in [6, 6.07) is 0.315. The van der Waals surface area contributed by atoms with Crippen molar-refractivity contribution in [2.24, 2.45) is 23.5 Å². The van der Waals surface area contributed by atoms with E-state index in [0.29, 0.717) is 29.7 Å². The monoisotopic (exact) mass is 268 g/mol. The summed E-state index contributed by atoms with van der Waals surface area (Å²) in [5, 5.41) is 0. The molecule has 0 spiro atoms. The SMILES string of the molecule is CC(C)CN(C(=O)CC1CCC(CN)CC1)C(C)C. The Labute approximate surface area is 118 Å². The van der Waals surface area contributed by atoms with Crippen LogP contribution in [-0.4, -0.2) is 29.9 Å². The van der Waals surface area contributed by atoms with Gasteiger partial charge in [0, 0.05) is 19.0 Å². The van der Waals surface area contributed by atoms with Gasteiger partial charge in [-0.05, 0) is 63.8 Å². The maximum Gasteiger partial charge on any atom is 0.223 e. The predicted molar refractivity (Wildman–Crippen MR) is 80.8 cm³/mol. The first-order chi connectivity index (χ1) is 8.93. The molecule has 0 aromatic carbocycles. The lowest BCUT2D eigenvalue weighted by Crippen LogP contribution is -2.40. The first-order valence-electron chi connectivity index (χ1n) is 7.93. The summed E-state index contributed by atoms with van der Waals surface area (Å²) in [7, 11) is 0. The third kappa shape index (κ3) is 5.52. The number of amides is 1. The molecule has 0 unspecified atom stereocenters. The average molecular weight is 268 g/mol. The van der Waals surface area contributed by atoms with Crippen molar-refractivity contribution in [3.63, 3.8) is 0 Å². The number of nitrogens with zero attached hydrogens (tertiary/aromatic N) is 1. The van der Waals surface area contributed by atoms with Crippen molar-refractivity contribution in [1.82, 2.24) is 4.90 Å². The van der Waals surface area contributed by atoms with Gasteiger partial charge in [0.2, 0.25) is 5.91 Å². The van der Waals surface area contributed by atoms with Crippen LogP contribution in [0.1, 0.15) is 59.8 Å². The van der Waals surface area contributed by atoms with E-state index in [2.05, 4.69) is 32.6 Å². The predicted octanol–water partition coefficient (Wildman–Crippen LogP) is 3.03. The first kappa shape index (κ1) is 16.5. The Morgan fingerprint density at radius 1 is 1.11 bits per heavy atom. The van der Waals surface area contributed by atoms with Crippen molar-refractivity contribution >= 4 is 5.91 Å². The van der Waals surface area contributed by atoms with Gasteiger partial charge < -0.3 is 10.6 Å². The third-order valence-electron chi connectivity index (χ3n) is 4.27. The molecule has 0 bridgehead atoms. The zero-order chi connectivity index (χ0) is 14.4. The van der Waals surface area contributed by atoms with Crippen LogP contribution >= 0.6 is 0 Å². The average Bonchev–Trinajstić information content (AvgIpc) is 2.36. The van der Waals surface area contributed by atoms with E-state index in [4.69, 9.17) is 5.73 Å². The molecule has 1 saturated carbocycles. The Bertz CT molecular complexity index is 268. The van der Waals surface area contributed by atoms with E-state index in [-0.39, 0.29) is 0 Å². The van der Waals surface area contributed by atoms with E-state index in [1.165, 1.54) is 25.7 Å². The number of carbonyl (C=O) groups is 1. The van der Waals surface area contributed by atoms with Crippen molar-refractivity contribution in [3.8, 4) is 0 Å². The molecule has 3 heteroatoms. The van der Waals surface area contributed by atoms with Gasteiger partial charge in [0.05, 0.1) is 0 Å². The summed E-state index contributed by atoms with van der Waals surface area (Å²) in [5.41, 5.74) is 5.72. The van der Waals surface area contributed by atoms with Crippen molar-refractivity contribution in [3.05, 3.63) is 0 Å². The molecule has 1 aliphatic carbocycles. The Balaban J connectivity index is 2.44. The minimum absolute atomic E-state index is 0.315. The van der Waals surface area contributed by atoms with Gasteiger partial charge in [0.1, 0.15) is 0 Å². The van der Waals surface area contributed by atoms with Crippen molar-refractivity contribution in [2.75, 3.05) is 13.1 Å². The van der Waals surface area contributed by atoms with Crippen LogP contribution in [-0.2, 0) is 4.79 Å². The van der Waals surface area contributed by atoms with Crippen molar-refractivity contribution in [2.45, 2.75) is 65.8 Å². The maximum absolute atomic E-state index is 12.4. The van der Waals surface area contributed by atoms with Gasteiger partial charge in [0.15, 0.2) is 0 Å². The highest BCUT2D eigenvalue weighted by molar-refractivity contribution is 5.76. The lowest BCUT2D eigenvalue weighted by atomic mass is 9.80. The maximum atomic E-state index is 12.4. The molecule has 0 aromatic heterocycles. The van der Waals surface area contributed by atoms with Gasteiger partial charge in [-0.25, -0.2) is 0 Å². The number of rotatable bonds is 6. The second kappa shape index (κ2) is 7.88. The van der Waals surface area contributed by atoms with Gasteiger partial charge in [-0.15, -0.1) is 0 Å². The molecule has 19 heavy (non-hydrogen) atoms. The molecule has 1 aliphatic rings. The zero-order valence-corrected chi connectivity index (χ0v) is 13.2. The quantitative estimate of drug-likeness (QED) is 0.805. The summed E-state index contributed by atoms with van der Waals surface area (Å²) < 4.78 is 0. The summed E-state index contributed by atoms with van der Waals surface area (Å²) in [6.07, 6.45) is 5.52. The normalized spacial score (nSPS) is 23.9. The molecule has 1 rings (SSSR count). The molecule has 0 saturated heterocycles. The largest absolute Gasteiger partial charge is 0.340 e. The molecule has 1 fully saturated rings. The zero-order valence-electron chi connectivity index (χ0n) is 13.2. The second-order valence-corrected chi connectivity index (χ2v) is 6.86. The highest BCUT2D eigenvalue weighted by Gasteiger charge is 2.25. The Hall–Kier alpha value is -0.570. The topological polar surface area (TPSA) is 46.3 Å². The molecular weight excluding hydrogens is 236 g/mol.